The van der Waals surface area contributed by atoms with Crippen LogP contribution in [0.2, 0.25) is 5.02 Å². The van der Waals surface area contributed by atoms with Gasteiger partial charge in [0.25, 0.3) is 5.91 Å². The second kappa shape index (κ2) is 5.87. The van der Waals surface area contributed by atoms with Crippen molar-refractivity contribution in [1.29, 1.82) is 0 Å². The van der Waals surface area contributed by atoms with Gasteiger partial charge in [0, 0.05) is 23.2 Å². The molecule has 1 aromatic carbocycles. The number of benzene rings is 1. The molecule has 0 aliphatic heterocycles. The maximum absolute atomic E-state index is 11.8. The Balaban J connectivity index is 2.69. The normalized spacial score (nSPS) is 12.2. The molecule has 0 saturated heterocycles. The Morgan fingerprint density at radius 2 is 2.25 bits per heavy atom. The number of rotatable bonds is 4. The van der Waals surface area contributed by atoms with E-state index in [-0.39, 0.29) is 18.6 Å². The van der Waals surface area contributed by atoms with E-state index in [4.69, 9.17) is 16.7 Å². The summed E-state index contributed by atoms with van der Waals surface area (Å²) in [5.74, 6) is -0.138. The van der Waals surface area contributed by atoms with Gasteiger partial charge in [0.05, 0.1) is 0 Å². The molecule has 0 aromatic heterocycles. The number of amides is 1. The smallest absolute Gasteiger partial charge is 0.251 e. The largest absolute Gasteiger partial charge is 0.396 e. The molecule has 1 unspecified atom stereocenters. The lowest BCUT2D eigenvalue weighted by Crippen LogP contribution is -2.33. The Bertz CT molecular complexity index is 379. The van der Waals surface area contributed by atoms with Crippen LogP contribution in [-0.4, -0.2) is 23.7 Å². The van der Waals surface area contributed by atoms with Gasteiger partial charge in [-0.2, -0.15) is 0 Å². The first-order valence-electron chi connectivity index (χ1n) is 5.22. The van der Waals surface area contributed by atoms with Gasteiger partial charge in [-0.25, -0.2) is 0 Å². The minimum Gasteiger partial charge on any atom is -0.396 e. The molecule has 2 N–H and O–H groups in total. The Kier molecular flexibility index (Phi) is 4.77. The van der Waals surface area contributed by atoms with Crippen molar-refractivity contribution in [3.63, 3.8) is 0 Å². The molecule has 0 aliphatic rings. The standard InChI is InChI=1S/C12H16ClNO2/c1-8-7-10(3-4-11(8)13)12(16)14-9(2)5-6-15/h3-4,7,9,15H,5-6H2,1-2H3,(H,14,16). The minimum absolute atomic E-state index is 0.0338. The predicted molar refractivity (Wildman–Crippen MR) is 64.8 cm³/mol. The van der Waals surface area contributed by atoms with Gasteiger partial charge in [-0.3, -0.25) is 4.79 Å². The summed E-state index contributed by atoms with van der Waals surface area (Å²) in [6, 6.07) is 5.12. The molecule has 88 valence electrons. The zero-order valence-corrected chi connectivity index (χ0v) is 10.2. The predicted octanol–water partition coefficient (Wildman–Crippen LogP) is 2.15. The number of hydrogen-bond donors (Lipinski definition) is 2. The molecule has 0 spiro atoms. The second-order valence-electron chi connectivity index (χ2n) is 3.85. The van der Waals surface area contributed by atoms with Crippen molar-refractivity contribution < 1.29 is 9.90 Å². The second-order valence-corrected chi connectivity index (χ2v) is 4.26. The van der Waals surface area contributed by atoms with Crippen molar-refractivity contribution in [2.45, 2.75) is 26.3 Å². The van der Waals surface area contributed by atoms with Gasteiger partial charge in [0.15, 0.2) is 0 Å². The summed E-state index contributed by atoms with van der Waals surface area (Å²) in [6.07, 6.45) is 0.554. The first kappa shape index (κ1) is 13.0. The van der Waals surface area contributed by atoms with Gasteiger partial charge in [0.2, 0.25) is 0 Å². The zero-order valence-electron chi connectivity index (χ0n) is 9.46. The van der Waals surface area contributed by atoms with Crippen LogP contribution in [0.3, 0.4) is 0 Å². The maximum Gasteiger partial charge on any atom is 0.251 e. The zero-order chi connectivity index (χ0) is 12.1. The highest BCUT2D eigenvalue weighted by Gasteiger charge is 2.10. The molecule has 1 aromatic rings. The van der Waals surface area contributed by atoms with E-state index in [0.29, 0.717) is 17.0 Å². The van der Waals surface area contributed by atoms with E-state index in [0.717, 1.165) is 5.56 Å². The summed E-state index contributed by atoms with van der Waals surface area (Å²) in [6.45, 7) is 3.79. The van der Waals surface area contributed by atoms with E-state index in [2.05, 4.69) is 5.32 Å². The lowest BCUT2D eigenvalue weighted by molar-refractivity contribution is 0.0934. The Labute approximate surface area is 100 Å². The number of carbonyl (C=O) groups excluding carboxylic acids is 1. The lowest BCUT2D eigenvalue weighted by Gasteiger charge is -2.12. The summed E-state index contributed by atoms with van der Waals surface area (Å²) in [4.78, 5) is 11.8. The third-order valence-corrected chi connectivity index (χ3v) is 2.78. The number of halogens is 1. The van der Waals surface area contributed by atoms with Gasteiger partial charge in [0.1, 0.15) is 0 Å². The van der Waals surface area contributed by atoms with E-state index in [1.54, 1.807) is 18.2 Å². The van der Waals surface area contributed by atoms with Crippen LogP contribution in [0.4, 0.5) is 0 Å². The monoisotopic (exact) mass is 241 g/mol. The highest BCUT2D eigenvalue weighted by molar-refractivity contribution is 6.31. The van der Waals surface area contributed by atoms with Crippen LogP contribution >= 0.6 is 11.6 Å². The molecule has 0 heterocycles. The molecule has 0 aliphatic carbocycles. The van der Waals surface area contributed by atoms with Crippen molar-refractivity contribution >= 4 is 17.5 Å². The van der Waals surface area contributed by atoms with Gasteiger partial charge >= 0.3 is 0 Å². The van der Waals surface area contributed by atoms with Crippen LogP contribution in [0.15, 0.2) is 18.2 Å². The van der Waals surface area contributed by atoms with Crippen LogP contribution in [0.25, 0.3) is 0 Å². The van der Waals surface area contributed by atoms with E-state index >= 15 is 0 Å². The quantitative estimate of drug-likeness (QED) is 0.849. The minimum atomic E-state index is -0.138. The third kappa shape index (κ3) is 3.51. The summed E-state index contributed by atoms with van der Waals surface area (Å²) in [5, 5.41) is 12.2. The number of aryl methyl sites for hydroxylation is 1. The molecule has 0 bridgehead atoms. The molecule has 1 atom stereocenters. The first-order valence-corrected chi connectivity index (χ1v) is 5.60. The Morgan fingerprint density at radius 3 is 2.81 bits per heavy atom. The van der Waals surface area contributed by atoms with Gasteiger partial charge < -0.3 is 10.4 Å². The molecular formula is C12H16ClNO2. The van der Waals surface area contributed by atoms with Crippen LogP contribution in [0.5, 0.6) is 0 Å². The highest BCUT2D eigenvalue weighted by atomic mass is 35.5. The molecule has 1 rings (SSSR count). The molecule has 3 nitrogen and oxygen atoms in total. The summed E-state index contributed by atoms with van der Waals surface area (Å²) >= 11 is 5.88. The van der Waals surface area contributed by atoms with Crippen molar-refractivity contribution in [2.75, 3.05) is 6.61 Å². The van der Waals surface area contributed by atoms with E-state index in [1.165, 1.54) is 0 Å². The number of carbonyl (C=O) groups is 1. The van der Waals surface area contributed by atoms with Crippen molar-refractivity contribution in [3.05, 3.63) is 34.3 Å². The maximum atomic E-state index is 11.8. The molecule has 0 fully saturated rings. The Hall–Kier alpha value is -1.06. The van der Waals surface area contributed by atoms with Gasteiger partial charge in [-0.1, -0.05) is 11.6 Å². The topological polar surface area (TPSA) is 49.3 Å². The fraction of sp³-hybridized carbons (Fsp3) is 0.417. The average Bonchev–Trinajstić information content (AvgIpc) is 2.22. The van der Waals surface area contributed by atoms with Crippen molar-refractivity contribution in [1.82, 2.24) is 5.32 Å². The van der Waals surface area contributed by atoms with Crippen LogP contribution < -0.4 is 5.32 Å². The Morgan fingerprint density at radius 1 is 1.56 bits per heavy atom. The molecule has 1 amide bonds. The number of nitrogens with one attached hydrogen (secondary N) is 1. The summed E-state index contributed by atoms with van der Waals surface area (Å²) < 4.78 is 0. The van der Waals surface area contributed by atoms with Gasteiger partial charge in [-0.05, 0) is 44.0 Å². The lowest BCUT2D eigenvalue weighted by atomic mass is 10.1. The number of aliphatic hydroxyl groups excluding tert-OH is 1. The number of aliphatic hydroxyl groups is 1. The summed E-state index contributed by atoms with van der Waals surface area (Å²) in [7, 11) is 0. The SMILES string of the molecule is Cc1cc(C(=O)NC(C)CCO)ccc1Cl. The molecule has 0 saturated carbocycles. The molecule has 16 heavy (non-hydrogen) atoms. The van der Waals surface area contributed by atoms with E-state index in [1.807, 2.05) is 13.8 Å². The molecule has 4 heteroatoms. The van der Waals surface area contributed by atoms with Crippen LogP contribution in [0.1, 0.15) is 29.3 Å². The first-order chi connectivity index (χ1) is 7.54. The van der Waals surface area contributed by atoms with Crippen molar-refractivity contribution in [2.24, 2.45) is 0 Å². The highest BCUT2D eigenvalue weighted by Crippen LogP contribution is 2.16. The average molecular weight is 242 g/mol. The van der Waals surface area contributed by atoms with Gasteiger partial charge in [-0.15, -0.1) is 0 Å². The number of hydrogen-bond acceptors (Lipinski definition) is 2. The third-order valence-electron chi connectivity index (χ3n) is 2.36. The van der Waals surface area contributed by atoms with Crippen molar-refractivity contribution in [3.8, 4) is 0 Å². The molecular weight excluding hydrogens is 226 g/mol. The van der Waals surface area contributed by atoms with E-state index < -0.39 is 0 Å². The summed E-state index contributed by atoms with van der Waals surface area (Å²) in [5.41, 5.74) is 1.47. The molecule has 0 radical (unpaired) electrons. The fourth-order valence-electron chi connectivity index (χ4n) is 1.36. The van der Waals surface area contributed by atoms with Crippen LogP contribution in [0, 0.1) is 6.92 Å². The fourth-order valence-corrected chi connectivity index (χ4v) is 1.48. The van der Waals surface area contributed by atoms with E-state index in [9.17, 15) is 4.79 Å². The van der Waals surface area contributed by atoms with Crippen LogP contribution in [-0.2, 0) is 0 Å².